The zero-order chi connectivity index (χ0) is 8.60. The molecule has 3 atom stereocenters. The summed E-state index contributed by atoms with van der Waals surface area (Å²) in [6.07, 6.45) is 3.90. The van der Waals surface area contributed by atoms with E-state index in [1.165, 1.54) is 19.3 Å². The SMILES string of the molecule is CC1CC1(CCl)CC1CCOC1. The smallest absolute Gasteiger partial charge is 0.0495 e. The van der Waals surface area contributed by atoms with E-state index in [0.29, 0.717) is 5.41 Å². The molecular weight excluding hydrogens is 172 g/mol. The molecule has 0 aromatic rings. The largest absolute Gasteiger partial charge is 0.381 e. The molecule has 1 heterocycles. The second-order valence-electron chi connectivity index (χ2n) is 4.53. The van der Waals surface area contributed by atoms with Crippen molar-refractivity contribution in [3.05, 3.63) is 0 Å². The molecule has 1 saturated carbocycles. The molecule has 0 aromatic carbocycles. The fraction of sp³-hybridized carbons (Fsp3) is 1.00. The van der Waals surface area contributed by atoms with Crippen molar-refractivity contribution < 1.29 is 4.74 Å². The van der Waals surface area contributed by atoms with Gasteiger partial charge < -0.3 is 4.74 Å². The summed E-state index contributed by atoms with van der Waals surface area (Å²) >= 11 is 5.99. The van der Waals surface area contributed by atoms with Gasteiger partial charge in [-0.25, -0.2) is 0 Å². The summed E-state index contributed by atoms with van der Waals surface area (Å²) in [5, 5.41) is 0. The summed E-state index contributed by atoms with van der Waals surface area (Å²) in [6, 6.07) is 0. The normalized spacial score (nSPS) is 46.5. The number of hydrogen-bond donors (Lipinski definition) is 0. The molecular formula is C10H17ClO. The summed E-state index contributed by atoms with van der Waals surface area (Å²) in [7, 11) is 0. The molecule has 1 saturated heterocycles. The predicted octanol–water partition coefficient (Wildman–Crippen LogP) is 2.68. The van der Waals surface area contributed by atoms with Crippen LogP contribution in [0.3, 0.4) is 0 Å². The first-order chi connectivity index (χ1) is 5.77. The average Bonchev–Trinajstić information content (AvgIpc) is 2.51. The summed E-state index contributed by atoms with van der Waals surface area (Å²) in [6.45, 7) is 4.26. The van der Waals surface area contributed by atoms with Crippen LogP contribution in [0.2, 0.25) is 0 Å². The van der Waals surface area contributed by atoms with E-state index in [-0.39, 0.29) is 0 Å². The van der Waals surface area contributed by atoms with Crippen LogP contribution in [-0.4, -0.2) is 19.1 Å². The fourth-order valence-electron chi connectivity index (χ4n) is 2.40. The Morgan fingerprint density at radius 3 is 2.75 bits per heavy atom. The van der Waals surface area contributed by atoms with Crippen LogP contribution in [-0.2, 0) is 4.74 Å². The molecule has 1 nitrogen and oxygen atoms in total. The summed E-state index contributed by atoms with van der Waals surface area (Å²) in [4.78, 5) is 0. The van der Waals surface area contributed by atoms with E-state index in [4.69, 9.17) is 16.3 Å². The lowest BCUT2D eigenvalue weighted by Crippen LogP contribution is -2.13. The maximum absolute atomic E-state index is 5.99. The van der Waals surface area contributed by atoms with E-state index in [1.807, 2.05) is 0 Å². The molecule has 1 aliphatic carbocycles. The third kappa shape index (κ3) is 1.49. The minimum absolute atomic E-state index is 0.500. The monoisotopic (exact) mass is 188 g/mol. The minimum atomic E-state index is 0.500. The lowest BCUT2D eigenvalue weighted by atomic mass is 9.91. The maximum atomic E-state index is 5.99. The molecule has 2 heteroatoms. The molecule has 3 unspecified atom stereocenters. The van der Waals surface area contributed by atoms with Gasteiger partial charge in [0.2, 0.25) is 0 Å². The van der Waals surface area contributed by atoms with Crippen molar-refractivity contribution in [1.29, 1.82) is 0 Å². The number of hydrogen-bond acceptors (Lipinski definition) is 1. The quantitative estimate of drug-likeness (QED) is 0.619. The Hall–Kier alpha value is 0.250. The van der Waals surface area contributed by atoms with E-state index >= 15 is 0 Å². The van der Waals surface area contributed by atoms with Crippen molar-refractivity contribution in [3.8, 4) is 0 Å². The van der Waals surface area contributed by atoms with Gasteiger partial charge in [-0.3, -0.25) is 0 Å². The Bertz CT molecular complexity index is 161. The van der Waals surface area contributed by atoms with Crippen LogP contribution in [0.4, 0.5) is 0 Å². The van der Waals surface area contributed by atoms with Gasteiger partial charge >= 0.3 is 0 Å². The third-order valence-corrected chi connectivity index (χ3v) is 4.12. The molecule has 2 fully saturated rings. The molecule has 0 spiro atoms. The van der Waals surface area contributed by atoms with Crippen LogP contribution in [0.25, 0.3) is 0 Å². The number of ether oxygens (including phenoxy) is 1. The highest BCUT2D eigenvalue weighted by atomic mass is 35.5. The third-order valence-electron chi connectivity index (χ3n) is 3.58. The van der Waals surface area contributed by atoms with Gasteiger partial charge in [-0.15, -0.1) is 11.6 Å². The van der Waals surface area contributed by atoms with Crippen molar-refractivity contribution >= 4 is 11.6 Å². The maximum Gasteiger partial charge on any atom is 0.0495 e. The standard InChI is InChI=1S/C10H17ClO/c1-8-4-10(8,7-11)5-9-2-3-12-6-9/h8-9H,2-7H2,1H3. The molecule has 0 aromatic heterocycles. The Labute approximate surface area is 79.4 Å². The first-order valence-electron chi connectivity index (χ1n) is 4.90. The Kier molecular flexibility index (Phi) is 2.35. The fourth-order valence-corrected chi connectivity index (χ4v) is 2.88. The van der Waals surface area contributed by atoms with Crippen molar-refractivity contribution in [3.63, 3.8) is 0 Å². The molecule has 0 N–H and O–H groups in total. The molecule has 70 valence electrons. The van der Waals surface area contributed by atoms with Gasteiger partial charge in [-0.05, 0) is 36.5 Å². The number of alkyl halides is 1. The van der Waals surface area contributed by atoms with Crippen LogP contribution in [0, 0.1) is 17.3 Å². The zero-order valence-electron chi connectivity index (χ0n) is 7.68. The van der Waals surface area contributed by atoms with Crippen molar-refractivity contribution in [2.24, 2.45) is 17.3 Å². The van der Waals surface area contributed by atoms with Crippen LogP contribution in [0.1, 0.15) is 26.2 Å². The number of halogens is 1. The summed E-state index contributed by atoms with van der Waals surface area (Å²) < 4.78 is 5.37. The topological polar surface area (TPSA) is 9.23 Å². The Morgan fingerprint density at radius 1 is 1.58 bits per heavy atom. The highest BCUT2D eigenvalue weighted by Crippen LogP contribution is 2.57. The first-order valence-corrected chi connectivity index (χ1v) is 5.44. The van der Waals surface area contributed by atoms with Crippen LogP contribution >= 0.6 is 11.6 Å². The average molecular weight is 189 g/mol. The van der Waals surface area contributed by atoms with E-state index in [0.717, 1.165) is 30.9 Å². The summed E-state index contributed by atoms with van der Waals surface area (Å²) in [5.41, 5.74) is 0.500. The molecule has 12 heavy (non-hydrogen) atoms. The van der Waals surface area contributed by atoms with Gasteiger partial charge in [0.15, 0.2) is 0 Å². The highest BCUT2D eigenvalue weighted by molar-refractivity contribution is 6.18. The predicted molar refractivity (Wildman–Crippen MR) is 50.5 cm³/mol. The van der Waals surface area contributed by atoms with Gasteiger partial charge in [-0.2, -0.15) is 0 Å². The van der Waals surface area contributed by atoms with E-state index < -0.39 is 0 Å². The van der Waals surface area contributed by atoms with E-state index in [9.17, 15) is 0 Å². The van der Waals surface area contributed by atoms with Crippen molar-refractivity contribution in [1.82, 2.24) is 0 Å². The molecule has 0 amide bonds. The van der Waals surface area contributed by atoms with Crippen molar-refractivity contribution in [2.75, 3.05) is 19.1 Å². The lowest BCUT2D eigenvalue weighted by Gasteiger charge is -2.16. The van der Waals surface area contributed by atoms with Gasteiger partial charge in [0.1, 0.15) is 0 Å². The van der Waals surface area contributed by atoms with Crippen LogP contribution in [0.15, 0.2) is 0 Å². The second-order valence-corrected chi connectivity index (χ2v) is 4.80. The van der Waals surface area contributed by atoms with Gasteiger partial charge in [0.05, 0.1) is 0 Å². The second kappa shape index (κ2) is 3.19. The zero-order valence-corrected chi connectivity index (χ0v) is 8.44. The van der Waals surface area contributed by atoms with E-state index in [1.54, 1.807) is 0 Å². The first kappa shape index (κ1) is 8.83. The minimum Gasteiger partial charge on any atom is -0.381 e. The van der Waals surface area contributed by atoms with Crippen LogP contribution in [0.5, 0.6) is 0 Å². The van der Waals surface area contributed by atoms with Gasteiger partial charge in [0, 0.05) is 19.1 Å². The van der Waals surface area contributed by atoms with E-state index in [2.05, 4.69) is 6.92 Å². The molecule has 0 bridgehead atoms. The molecule has 2 rings (SSSR count). The Morgan fingerprint density at radius 2 is 2.33 bits per heavy atom. The van der Waals surface area contributed by atoms with Crippen molar-refractivity contribution in [2.45, 2.75) is 26.2 Å². The van der Waals surface area contributed by atoms with Gasteiger partial charge in [0.25, 0.3) is 0 Å². The molecule has 0 radical (unpaired) electrons. The summed E-state index contributed by atoms with van der Waals surface area (Å²) in [5.74, 6) is 2.51. The Balaban J connectivity index is 1.85. The van der Waals surface area contributed by atoms with Gasteiger partial charge in [-0.1, -0.05) is 6.92 Å². The van der Waals surface area contributed by atoms with Crippen LogP contribution < -0.4 is 0 Å². The molecule has 1 aliphatic heterocycles. The highest BCUT2D eigenvalue weighted by Gasteiger charge is 2.51. The number of rotatable bonds is 3. The molecule has 2 aliphatic rings. The lowest BCUT2D eigenvalue weighted by molar-refractivity contribution is 0.178.